The maximum atomic E-state index is 12.5. The molecule has 1 rings (SSSR count). The molecule has 10 heteroatoms. The lowest BCUT2D eigenvalue weighted by Crippen LogP contribution is -2.40. The van der Waals surface area contributed by atoms with E-state index in [9.17, 15) is 19.2 Å². The smallest absolute Gasteiger partial charge is 0.458 e. The van der Waals surface area contributed by atoms with E-state index in [1.807, 2.05) is 13.8 Å². The lowest BCUT2D eigenvalue weighted by Gasteiger charge is -2.24. The molecule has 0 heterocycles. The third kappa shape index (κ3) is 11.5. The minimum absolute atomic E-state index is 0.0639. The highest BCUT2D eigenvalue weighted by atomic mass is 16.7. The Morgan fingerprint density at radius 1 is 0.861 bits per heavy atom. The van der Waals surface area contributed by atoms with Crippen molar-refractivity contribution in [2.45, 2.75) is 104 Å². The molecule has 0 saturated carbocycles. The summed E-state index contributed by atoms with van der Waals surface area (Å²) in [6.45, 7) is 12.0. The van der Waals surface area contributed by atoms with Crippen molar-refractivity contribution >= 4 is 24.1 Å². The van der Waals surface area contributed by atoms with Gasteiger partial charge in [0, 0.05) is 12.8 Å². The fourth-order valence-electron chi connectivity index (χ4n) is 2.82. The zero-order valence-corrected chi connectivity index (χ0v) is 22.3. The average molecular weight is 510 g/mol. The Morgan fingerprint density at radius 3 is 1.92 bits per heavy atom. The first-order chi connectivity index (χ1) is 16.7. The minimum atomic E-state index is -1.05. The molecular formula is C26H39NO9. The van der Waals surface area contributed by atoms with Crippen molar-refractivity contribution in [2.75, 3.05) is 0 Å². The average Bonchev–Trinajstić information content (AvgIpc) is 2.74. The summed E-state index contributed by atoms with van der Waals surface area (Å²) in [5.41, 5.74) is 5.89. The Kier molecular flexibility index (Phi) is 12.4. The number of carbonyl (C=O) groups is 4. The Bertz CT molecular complexity index is 907. The maximum Gasteiger partial charge on any atom is 0.509 e. The molecule has 0 aliphatic rings. The van der Waals surface area contributed by atoms with Crippen LogP contribution in [-0.4, -0.2) is 47.9 Å². The van der Waals surface area contributed by atoms with E-state index in [0.717, 1.165) is 0 Å². The molecule has 0 aliphatic heterocycles. The van der Waals surface area contributed by atoms with E-state index in [4.69, 9.17) is 29.4 Å². The summed E-state index contributed by atoms with van der Waals surface area (Å²) < 4.78 is 26.3. The van der Waals surface area contributed by atoms with Crippen LogP contribution in [0, 0.1) is 0 Å². The third-order valence-corrected chi connectivity index (χ3v) is 4.76. The highest BCUT2D eigenvalue weighted by molar-refractivity contribution is 5.77. The van der Waals surface area contributed by atoms with E-state index in [0.29, 0.717) is 18.4 Å². The van der Waals surface area contributed by atoms with E-state index >= 15 is 0 Å². The normalized spacial score (nSPS) is 13.7. The van der Waals surface area contributed by atoms with E-state index in [2.05, 4.69) is 0 Å². The molecule has 3 atom stereocenters. The summed E-state index contributed by atoms with van der Waals surface area (Å²) in [6.07, 6.45) is -0.733. The van der Waals surface area contributed by atoms with Gasteiger partial charge in [0.1, 0.15) is 23.9 Å². The lowest BCUT2D eigenvalue weighted by atomic mass is 10.1. The van der Waals surface area contributed by atoms with E-state index < -0.39 is 47.9 Å². The molecule has 0 fully saturated rings. The van der Waals surface area contributed by atoms with Crippen LogP contribution in [0.2, 0.25) is 0 Å². The van der Waals surface area contributed by atoms with Crippen molar-refractivity contribution in [1.29, 1.82) is 0 Å². The van der Waals surface area contributed by atoms with Gasteiger partial charge in [0.25, 0.3) is 0 Å². The molecule has 0 spiro atoms. The molecule has 10 nitrogen and oxygen atoms in total. The van der Waals surface area contributed by atoms with Crippen molar-refractivity contribution in [1.82, 2.24) is 0 Å². The Morgan fingerprint density at radius 2 is 1.39 bits per heavy atom. The van der Waals surface area contributed by atoms with E-state index in [1.165, 1.54) is 12.1 Å². The molecule has 36 heavy (non-hydrogen) atoms. The first-order valence-corrected chi connectivity index (χ1v) is 12.2. The first kappa shape index (κ1) is 30.9. The Balaban J connectivity index is 2.85. The van der Waals surface area contributed by atoms with Crippen LogP contribution in [0.5, 0.6) is 11.5 Å². The van der Waals surface area contributed by atoms with Crippen molar-refractivity contribution < 1.29 is 42.9 Å². The second-order valence-electron chi connectivity index (χ2n) is 9.47. The molecule has 0 amide bonds. The number of esters is 3. The summed E-state index contributed by atoms with van der Waals surface area (Å²) >= 11 is 0. The van der Waals surface area contributed by atoms with Crippen LogP contribution in [-0.2, 0) is 35.0 Å². The molecule has 0 radical (unpaired) electrons. The zero-order valence-electron chi connectivity index (χ0n) is 22.3. The molecule has 2 N–H and O–H groups in total. The maximum absolute atomic E-state index is 12.5. The minimum Gasteiger partial charge on any atom is -0.458 e. The predicted molar refractivity (Wildman–Crippen MR) is 132 cm³/mol. The Labute approximate surface area is 212 Å². The molecule has 0 aliphatic carbocycles. The quantitative estimate of drug-likeness (QED) is 0.321. The molecule has 202 valence electrons. The molecule has 0 bridgehead atoms. The van der Waals surface area contributed by atoms with E-state index in [1.54, 1.807) is 40.7 Å². The summed E-state index contributed by atoms with van der Waals surface area (Å²) in [5.74, 6) is -1.44. The van der Waals surface area contributed by atoms with Gasteiger partial charge in [-0.05, 0) is 71.6 Å². The van der Waals surface area contributed by atoms with Gasteiger partial charge in [0.2, 0.25) is 0 Å². The van der Waals surface area contributed by atoms with Gasteiger partial charge in [-0.25, -0.2) is 4.79 Å². The largest absolute Gasteiger partial charge is 0.509 e. The number of ether oxygens (including phenoxy) is 5. The van der Waals surface area contributed by atoms with Gasteiger partial charge < -0.3 is 29.4 Å². The molecule has 0 saturated heterocycles. The van der Waals surface area contributed by atoms with Gasteiger partial charge in [0.15, 0.2) is 11.5 Å². The molecule has 1 unspecified atom stereocenters. The van der Waals surface area contributed by atoms with Crippen LogP contribution in [0.3, 0.4) is 0 Å². The summed E-state index contributed by atoms with van der Waals surface area (Å²) in [4.78, 5) is 48.4. The summed E-state index contributed by atoms with van der Waals surface area (Å²) in [7, 11) is 0. The van der Waals surface area contributed by atoms with Gasteiger partial charge in [0.05, 0.1) is 0 Å². The number of nitrogens with two attached hydrogens (primary N) is 1. The molecule has 0 aromatic heterocycles. The van der Waals surface area contributed by atoms with Crippen LogP contribution in [0.1, 0.15) is 79.7 Å². The van der Waals surface area contributed by atoms with Crippen LogP contribution < -0.4 is 15.2 Å². The van der Waals surface area contributed by atoms with E-state index in [-0.39, 0.29) is 30.8 Å². The van der Waals surface area contributed by atoms with Crippen LogP contribution >= 0.6 is 0 Å². The van der Waals surface area contributed by atoms with Gasteiger partial charge in [-0.15, -0.1) is 0 Å². The van der Waals surface area contributed by atoms with Gasteiger partial charge in [-0.3, -0.25) is 14.4 Å². The summed E-state index contributed by atoms with van der Waals surface area (Å²) in [6, 6.07) is 3.58. The van der Waals surface area contributed by atoms with Gasteiger partial charge >= 0.3 is 24.1 Å². The SMILES string of the molecule is CCCC(=O)Oc1ccc(C[C@H](N)C(=O)O[C@@H](C)C(C)OC(=O)OC(C)(C)C)cc1OC(=O)CCC. The number of rotatable bonds is 12. The highest BCUT2D eigenvalue weighted by Crippen LogP contribution is 2.30. The topological polar surface area (TPSA) is 140 Å². The number of hydrogen-bond acceptors (Lipinski definition) is 10. The summed E-state index contributed by atoms with van der Waals surface area (Å²) in [5, 5.41) is 0. The third-order valence-electron chi connectivity index (χ3n) is 4.76. The van der Waals surface area contributed by atoms with Crippen molar-refractivity contribution in [3.63, 3.8) is 0 Å². The van der Waals surface area contributed by atoms with Gasteiger partial charge in [-0.1, -0.05) is 19.9 Å². The number of hydrogen-bond donors (Lipinski definition) is 1. The Hall–Kier alpha value is -3.14. The second kappa shape index (κ2) is 14.4. The first-order valence-electron chi connectivity index (χ1n) is 12.2. The molecule has 1 aromatic rings. The van der Waals surface area contributed by atoms with Crippen LogP contribution in [0.25, 0.3) is 0 Å². The standard InChI is InChI=1S/C26H39NO9/c1-8-10-22(28)34-20-13-12-18(15-21(20)35-23(29)11-9-2)14-19(27)24(30)32-16(3)17(4)33-25(31)36-26(5,6)7/h12-13,15-17,19H,8-11,14,27H2,1-7H3/t16-,17?,19-/m0/s1. The van der Waals surface area contributed by atoms with Crippen LogP contribution in [0.4, 0.5) is 4.79 Å². The predicted octanol–water partition coefficient (Wildman–Crippen LogP) is 4.24. The molecular weight excluding hydrogens is 470 g/mol. The molecule has 1 aromatic carbocycles. The van der Waals surface area contributed by atoms with Crippen LogP contribution in [0.15, 0.2) is 18.2 Å². The second-order valence-corrected chi connectivity index (χ2v) is 9.47. The lowest BCUT2D eigenvalue weighted by molar-refractivity contribution is -0.156. The van der Waals surface area contributed by atoms with Crippen molar-refractivity contribution in [3.8, 4) is 11.5 Å². The number of carbonyl (C=O) groups excluding carboxylic acids is 4. The zero-order chi connectivity index (χ0) is 27.5. The highest BCUT2D eigenvalue weighted by Gasteiger charge is 2.27. The van der Waals surface area contributed by atoms with Gasteiger partial charge in [-0.2, -0.15) is 0 Å². The fourth-order valence-corrected chi connectivity index (χ4v) is 2.82. The number of benzene rings is 1. The monoisotopic (exact) mass is 509 g/mol. The van der Waals surface area contributed by atoms with Crippen molar-refractivity contribution in [3.05, 3.63) is 23.8 Å². The van der Waals surface area contributed by atoms with Crippen molar-refractivity contribution in [2.24, 2.45) is 5.73 Å². The fraction of sp³-hybridized carbons (Fsp3) is 0.615.